The van der Waals surface area contributed by atoms with Gasteiger partial charge in [0, 0.05) is 13.6 Å². The fourth-order valence-corrected chi connectivity index (χ4v) is 4.57. The maximum absolute atomic E-state index is 13.0. The van der Waals surface area contributed by atoms with Crippen LogP contribution in [0.2, 0.25) is 0 Å². The smallest absolute Gasteiger partial charge is 0.335 e. The summed E-state index contributed by atoms with van der Waals surface area (Å²) in [5, 5.41) is 9.37. The predicted molar refractivity (Wildman–Crippen MR) is 119 cm³/mol. The molecule has 3 rings (SSSR count). The molecular formula is C23H24N2O4S. The molecule has 6 nitrogen and oxygen atoms in total. The molecule has 0 aliphatic carbocycles. The minimum absolute atomic E-state index is 0.00461. The number of aryl methyl sites for hydroxylation is 2. The predicted octanol–water partition coefficient (Wildman–Crippen LogP) is 4.44. The highest BCUT2D eigenvalue weighted by atomic mass is 32.2. The second-order valence-corrected chi connectivity index (χ2v) is 8.99. The van der Waals surface area contributed by atoms with E-state index in [0.29, 0.717) is 12.2 Å². The fourth-order valence-electron chi connectivity index (χ4n) is 3.32. The van der Waals surface area contributed by atoms with Gasteiger partial charge >= 0.3 is 5.97 Å². The van der Waals surface area contributed by atoms with Crippen LogP contribution in [0.4, 0.5) is 11.4 Å². The van der Waals surface area contributed by atoms with E-state index in [9.17, 15) is 18.3 Å². The lowest BCUT2D eigenvalue weighted by atomic mass is 10.1. The lowest BCUT2D eigenvalue weighted by Crippen LogP contribution is -2.21. The number of benzene rings is 3. The second kappa shape index (κ2) is 8.59. The normalized spacial score (nSPS) is 11.2. The molecule has 0 spiro atoms. The van der Waals surface area contributed by atoms with E-state index in [1.165, 1.54) is 12.1 Å². The molecule has 0 unspecified atom stereocenters. The molecule has 0 atom stereocenters. The van der Waals surface area contributed by atoms with Crippen molar-refractivity contribution in [1.29, 1.82) is 0 Å². The summed E-state index contributed by atoms with van der Waals surface area (Å²) in [4.78, 5) is 13.5. The van der Waals surface area contributed by atoms with Crippen molar-refractivity contribution in [1.82, 2.24) is 0 Å². The number of carboxylic acid groups (broad SMARTS) is 1. The molecule has 0 amide bonds. The summed E-state index contributed by atoms with van der Waals surface area (Å²) < 4.78 is 28.7. The largest absolute Gasteiger partial charge is 0.478 e. The Kier molecular flexibility index (Phi) is 6.12. The van der Waals surface area contributed by atoms with Gasteiger partial charge in [-0.15, -0.1) is 0 Å². The van der Waals surface area contributed by atoms with Gasteiger partial charge in [-0.2, -0.15) is 0 Å². The van der Waals surface area contributed by atoms with Gasteiger partial charge in [0.1, 0.15) is 0 Å². The van der Waals surface area contributed by atoms with Crippen LogP contribution in [0.25, 0.3) is 0 Å². The van der Waals surface area contributed by atoms with Crippen LogP contribution in [-0.2, 0) is 16.6 Å². The summed E-state index contributed by atoms with van der Waals surface area (Å²) in [5.74, 6) is -1.13. The Morgan fingerprint density at radius 2 is 1.60 bits per heavy atom. The zero-order chi connectivity index (χ0) is 21.9. The summed E-state index contributed by atoms with van der Waals surface area (Å²) in [7, 11) is -2.07. The van der Waals surface area contributed by atoms with Gasteiger partial charge in [-0.05, 0) is 60.9 Å². The molecule has 156 valence electrons. The van der Waals surface area contributed by atoms with Crippen molar-refractivity contribution in [3.8, 4) is 0 Å². The molecule has 0 fully saturated rings. The van der Waals surface area contributed by atoms with Crippen molar-refractivity contribution in [3.63, 3.8) is 0 Å². The topological polar surface area (TPSA) is 86.7 Å². The maximum Gasteiger partial charge on any atom is 0.335 e. The highest BCUT2D eigenvalue weighted by Crippen LogP contribution is 2.30. The molecule has 0 aliphatic rings. The van der Waals surface area contributed by atoms with E-state index in [1.54, 1.807) is 18.2 Å². The second-order valence-electron chi connectivity index (χ2n) is 7.31. The van der Waals surface area contributed by atoms with Crippen LogP contribution in [0.1, 0.15) is 27.0 Å². The van der Waals surface area contributed by atoms with E-state index in [1.807, 2.05) is 62.2 Å². The van der Waals surface area contributed by atoms with Gasteiger partial charge in [-0.3, -0.25) is 4.72 Å². The molecule has 0 aliphatic heterocycles. The molecule has 0 saturated heterocycles. The Bertz CT molecular complexity index is 1150. The van der Waals surface area contributed by atoms with Crippen molar-refractivity contribution >= 4 is 27.4 Å². The standard InChI is InChI=1S/C23H24N2O4S/c1-16-11-17(2)13-20(12-16)30(28,29)24-21-14-19(23(26)27)9-10-22(21)25(3)15-18-7-5-4-6-8-18/h4-14,24H,15H2,1-3H3,(H,26,27). The molecule has 7 heteroatoms. The van der Waals surface area contributed by atoms with Gasteiger partial charge in [-0.25, -0.2) is 13.2 Å². The zero-order valence-corrected chi connectivity index (χ0v) is 17.9. The van der Waals surface area contributed by atoms with Crippen molar-refractivity contribution in [2.24, 2.45) is 0 Å². The van der Waals surface area contributed by atoms with Crippen LogP contribution in [0.3, 0.4) is 0 Å². The van der Waals surface area contributed by atoms with Gasteiger partial charge < -0.3 is 10.0 Å². The Morgan fingerprint density at radius 1 is 0.967 bits per heavy atom. The maximum atomic E-state index is 13.0. The minimum atomic E-state index is -3.90. The van der Waals surface area contributed by atoms with Crippen molar-refractivity contribution in [2.45, 2.75) is 25.3 Å². The Hall–Kier alpha value is -3.32. The third kappa shape index (κ3) is 4.99. The Balaban J connectivity index is 2.01. The van der Waals surface area contributed by atoms with Crippen molar-refractivity contribution < 1.29 is 18.3 Å². The molecule has 0 aromatic heterocycles. The number of nitrogens with zero attached hydrogens (tertiary/aromatic N) is 1. The first-order chi connectivity index (χ1) is 14.2. The summed E-state index contributed by atoms with van der Waals surface area (Å²) >= 11 is 0. The summed E-state index contributed by atoms with van der Waals surface area (Å²) in [6, 6.07) is 19.2. The van der Waals surface area contributed by atoms with Gasteiger partial charge in [0.25, 0.3) is 10.0 Å². The van der Waals surface area contributed by atoms with E-state index in [-0.39, 0.29) is 16.1 Å². The SMILES string of the molecule is Cc1cc(C)cc(S(=O)(=O)Nc2cc(C(=O)O)ccc2N(C)Cc2ccccc2)c1. The van der Waals surface area contributed by atoms with Crippen LogP contribution in [-0.4, -0.2) is 26.5 Å². The average Bonchev–Trinajstić information content (AvgIpc) is 2.67. The molecule has 0 saturated carbocycles. The minimum Gasteiger partial charge on any atom is -0.478 e. The third-order valence-corrected chi connectivity index (χ3v) is 6.01. The summed E-state index contributed by atoms with van der Waals surface area (Å²) in [5.41, 5.74) is 3.51. The number of hydrogen-bond donors (Lipinski definition) is 2. The van der Waals surface area contributed by atoms with E-state index in [0.717, 1.165) is 16.7 Å². The highest BCUT2D eigenvalue weighted by molar-refractivity contribution is 7.92. The summed E-state index contributed by atoms with van der Waals surface area (Å²) in [6.07, 6.45) is 0. The lowest BCUT2D eigenvalue weighted by Gasteiger charge is -2.23. The van der Waals surface area contributed by atoms with E-state index < -0.39 is 16.0 Å². The van der Waals surface area contributed by atoms with Crippen LogP contribution in [0.15, 0.2) is 71.6 Å². The summed E-state index contributed by atoms with van der Waals surface area (Å²) in [6.45, 7) is 4.19. The Labute approximate surface area is 176 Å². The van der Waals surface area contributed by atoms with Crippen LogP contribution in [0, 0.1) is 13.8 Å². The van der Waals surface area contributed by atoms with Gasteiger partial charge in [0.2, 0.25) is 0 Å². The number of aromatic carboxylic acids is 1. The van der Waals surface area contributed by atoms with Gasteiger partial charge in [0.05, 0.1) is 21.8 Å². The number of anilines is 2. The van der Waals surface area contributed by atoms with Gasteiger partial charge in [0.15, 0.2) is 0 Å². The van der Waals surface area contributed by atoms with Crippen LogP contribution < -0.4 is 9.62 Å². The molecule has 0 heterocycles. The van der Waals surface area contributed by atoms with Crippen LogP contribution in [0.5, 0.6) is 0 Å². The first kappa shape index (κ1) is 21.4. The van der Waals surface area contributed by atoms with Crippen molar-refractivity contribution in [2.75, 3.05) is 16.7 Å². The molecule has 3 aromatic rings. The monoisotopic (exact) mass is 424 g/mol. The van der Waals surface area contributed by atoms with E-state index in [4.69, 9.17) is 0 Å². The first-order valence-corrected chi connectivity index (χ1v) is 10.9. The molecule has 30 heavy (non-hydrogen) atoms. The van der Waals surface area contributed by atoms with E-state index in [2.05, 4.69) is 4.72 Å². The highest BCUT2D eigenvalue weighted by Gasteiger charge is 2.20. The first-order valence-electron chi connectivity index (χ1n) is 9.39. The lowest BCUT2D eigenvalue weighted by molar-refractivity contribution is 0.0697. The number of sulfonamides is 1. The molecule has 0 bridgehead atoms. The number of rotatable bonds is 7. The zero-order valence-electron chi connectivity index (χ0n) is 17.1. The van der Waals surface area contributed by atoms with Gasteiger partial charge in [-0.1, -0.05) is 36.4 Å². The number of carboxylic acids is 1. The fraction of sp³-hybridized carbons (Fsp3) is 0.174. The average molecular weight is 425 g/mol. The molecule has 2 N–H and O–H groups in total. The molecule has 3 aromatic carbocycles. The van der Waals surface area contributed by atoms with Crippen LogP contribution >= 0.6 is 0 Å². The third-order valence-electron chi connectivity index (χ3n) is 4.67. The Morgan fingerprint density at radius 3 is 2.20 bits per heavy atom. The number of hydrogen-bond acceptors (Lipinski definition) is 4. The van der Waals surface area contributed by atoms with Crippen molar-refractivity contribution in [3.05, 3.63) is 89.0 Å². The number of carbonyl (C=O) groups is 1. The molecular weight excluding hydrogens is 400 g/mol. The van der Waals surface area contributed by atoms with E-state index >= 15 is 0 Å². The number of nitrogens with one attached hydrogen (secondary N) is 1. The quantitative estimate of drug-likeness (QED) is 0.586. The molecule has 0 radical (unpaired) electrons.